The van der Waals surface area contributed by atoms with E-state index in [1.54, 1.807) is 0 Å². The molecule has 1 aliphatic heterocycles. The molecule has 1 heterocycles. The zero-order chi connectivity index (χ0) is 10.7. The van der Waals surface area contributed by atoms with E-state index in [1.165, 1.54) is 37.2 Å². The maximum atomic E-state index is 5.89. The molecule has 1 aliphatic rings. The summed E-state index contributed by atoms with van der Waals surface area (Å²) in [7, 11) is 0. The normalized spacial score (nSPS) is 17.9. The summed E-state index contributed by atoms with van der Waals surface area (Å²) in [6.07, 6.45) is 4.04. The van der Waals surface area contributed by atoms with Crippen LogP contribution in [0.2, 0.25) is 0 Å². The largest absolute Gasteiger partial charge is 0.398 e. The van der Waals surface area contributed by atoms with Gasteiger partial charge >= 0.3 is 0 Å². The van der Waals surface area contributed by atoms with Crippen molar-refractivity contribution in [1.29, 1.82) is 0 Å². The molecular formula is C12H18N2S. The molecule has 0 radical (unpaired) electrons. The van der Waals surface area contributed by atoms with E-state index in [-0.39, 0.29) is 0 Å². The summed E-state index contributed by atoms with van der Waals surface area (Å²) in [4.78, 5) is 1.26. The van der Waals surface area contributed by atoms with Gasteiger partial charge in [-0.25, -0.2) is 4.31 Å². The quantitative estimate of drug-likeness (QED) is 0.616. The topological polar surface area (TPSA) is 29.3 Å². The lowest BCUT2D eigenvalue weighted by Crippen LogP contribution is -2.22. The minimum Gasteiger partial charge on any atom is -0.398 e. The molecule has 2 rings (SSSR count). The molecule has 0 aromatic heterocycles. The Morgan fingerprint density at radius 3 is 2.60 bits per heavy atom. The zero-order valence-electron chi connectivity index (χ0n) is 9.20. The Hall–Kier alpha value is -0.670. The van der Waals surface area contributed by atoms with E-state index in [4.69, 9.17) is 5.73 Å². The van der Waals surface area contributed by atoms with Gasteiger partial charge in [-0.05, 0) is 49.4 Å². The predicted octanol–water partition coefficient (Wildman–Crippen LogP) is 3.07. The first-order valence-corrected chi connectivity index (χ1v) is 6.32. The molecule has 1 aromatic rings. The summed E-state index contributed by atoms with van der Waals surface area (Å²) in [5.74, 6) is 0. The van der Waals surface area contributed by atoms with Crippen molar-refractivity contribution in [2.24, 2.45) is 0 Å². The molecule has 0 amide bonds. The summed E-state index contributed by atoms with van der Waals surface area (Å²) in [6.45, 7) is 4.46. The number of hydrogen-bond acceptors (Lipinski definition) is 3. The second-order valence-electron chi connectivity index (χ2n) is 4.10. The van der Waals surface area contributed by atoms with Crippen molar-refractivity contribution in [3.05, 3.63) is 23.8 Å². The van der Waals surface area contributed by atoms with Gasteiger partial charge in [-0.2, -0.15) is 0 Å². The van der Waals surface area contributed by atoms with Crippen molar-refractivity contribution in [2.75, 3.05) is 18.8 Å². The summed E-state index contributed by atoms with van der Waals surface area (Å²) in [6, 6.07) is 6.33. The molecule has 2 N–H and O–H groups in total. The van der Waals surface area contributed by atoms with Crippen molar-refractivity contribution in [3.63, 3.8) is 0 Å². The number of aryl methyl sites for hydroxylation is 1. The average molecular weight is 222 g/mol. The van der Waals surface area contributed by atoms with Crippen molar-refractivity contribution in [1.82, 2.24) is 4.31 Å². The number of benzene rings is 1. The van der Waals surface area contributed by atoms with Crippen LogP contribution in [-0.4, -0.2) is 17.4 Å². The van der Waals surface area contributed by atoms with Gasteiger partial charge in [0, 0.05) is 23.7 Å². The lowest BCUT2D eigenvalue weighted by molar-refractivity contribution is 0.380. The number of nitrogens with two attached hydrogens (primary N) is 1. The highest BCUT2D eigenvalue weighted by atomic mass is 32.2. The van der Waals surface area contributed by atoms with E-state index in [2.05, 4.69) is 22.5 Å². The fourth-order valence-electron chi connectivity index (χ4n) is 1.78. The smallest absolute Gasteiger partial charge is 0.0355 e. The van der Waals surface area contributed by atoms with Crippen molar-refractivity contribution in [3.8, 4) is 0 Å². The van der Waals surface area contributed by atoms with Crippen LogP contribution in [0.1, 0.15) is 24.8 Å². The monoisotopic (exact) mass is 222 g/mol. The number of rotatable bonds is 2. The summed E-state index contributed by atoms with van der Waals surface area (Å²) < 4.78 is 2.44. The molecular weight excluding hydrogens is 204 g/mol. The zero-order valence-corrected chi connectivity index (χ0v) is 10.0. The molecule has 2 nitrogen and oxygen atoms in total. The Labute approximate surface area is 96.0 Å². The summed E-state index contributed by atoms with van der Waals surface area (Å²) in [5.41, 5.74) is 7.96. The van der Waals surface area contributed by atoms with Crippen molar-refractivity contribution in [2.45, 2.75) is 31.1 Å². The first kappa shape index (κ1) is 10.8. The second-order valence-corrected chi connectivity index (χ2v) is 5.27. The average Bonchev–Trinajstić information content (AvgIpc) is 2.25. The molecule has 82 valence electrons. The Balaban J connectivity index is 2.00. The van der Waals surface area contributed by atoms with E-state index >= 15 is 0 Å². The molecule has 15 heavy (non-hydrogen) atoms. The minimum atomic E-state index is 0.900. The number of anilines is 1. The molecule has 1 aromatic carbocycles. The maximum Gasteiger partial charge on any atom is 0.0355 e. The predicted molar refractivity (Wildman–Crippen MR) is 66.9 cm³/mol. The van der Waals surface area contributed by atoms with Crippen molar-refractivity contribution >= 4 is 17.6 Å². The van der Waals surface area contributed by atoms with Gasteiger partial charge in [-0.15, -0.1) is 0 Å². The SMILES string of the molecule is Cc1ccc(SN2CCCCC2)cc1N. The maximum absolute atomic E-state index is 5.89. The lowest BCUT2D eigenvalue weighted by atomic mass is 10.2. The van der Waals surface area contributed by atoms with Crippen LogP contribution in [0.5, 0.6) is 0 Å². The number of piperidine rings is 1. The lowest BCUT2D eigenvalue weighted by Gasteiger charge is -2.25. The van der Waals surface area contributed by atoms with Gasteiger partial charge in [-0.3, -0.25) is 0 Å². The van der Waals surface area contributed by atoms with Crippen LogP contribution < -0.4 is 5.73 Å². The minimum absolute atomic E-state index is 0.900. The highest BCUT2D eigenvalue weighted by Gasteiger charge is 2.11. The van der Waals surface area contributed by atoms with Gasteiger partial charge in [0.1, 0.15) is 0 Å². The fraction of sp³-hybridized carbons (Fsp3) is 0.500. The first-order chi connectivity index (χ1) is 7.25. The van der Waals surface area contributed by atoms with Gasteiger partial charge in [0.25, 0.3) is 0 Å². The van der Waals surface area contributed by atoms with Crippen molar-refractivity contribution < 1.29 is 0 Å². The molecule has 0 bridgehead atoms. The Morgan fingerprint density at radius 1 is 1.20 bits per heavy atom. The van der Waals surface area contributed by atoms with Gasteiger partial charge in [0.2, 0.25) is 0 Å². The van der Waals surface area contributed by atoms with Crippen LogP contribution in [0, 0.1) is 6.92 Å². The van der Waals surface area contributed by atoms with E-state index < -0.39 is 0 Å². The number of nitrogen functional groups attached to an aromatic ring is 1. The van der Waals surface area contributed by atoms with Crippen LogP contribution in [0.4, 0.5) is 5.69 Å². The molecule has 0 aliphatic carbocycles. The molecule has 0 spiro atoms. The highest BCUT2D eigenvalue weighted by molar-refractivity contribution is 7.97. The van der Waals surface area contributed by atoms with Gasteiger partial charge in [0.15, 0.2) is 0 Å². The Morgan fingerprint density at radius 2 is 1.93 bits per heavy atom. The Kier molecular flexibility index (Phi) is 3.54. The molecule has 1 saturated heterocycles. The second kappa shape index (κ2) is 4.90. The molecule has 3 heteroatoms. The molecule has 0 saturated carbocycles. The van der Waals surface area contributed by atoms with Crippen LogP contribution in [0.15, 0.2) is 23.1 Å². The van der Waals surface area contributed by atoms with Gasteiger partial charge in [0.05, 0.1) is 0 Å². The van der Waals surface area contributed by atoms with Gasteiger partial charge in [-0.1, -0.05) is 12.5 Å². The van der Waals surface area contributed by atoms with Crippen LogP contribution in [0.3, 0.4) is 0 Å². The van der Waals surface area contributed by atoms with Crippen LogP contribution in [-0.2, 0) is 0 Å². The highest BCUT2D eigenvalue weighted by Crippen LogP contribution is 2.28. The number of nitrogens with zero attached hydrogens (tertiary/aromatic N) is 1. The third-order valence-corrected chi connectivity index (χ3v) is 3.89. The van der Waals surface area contributed by atoms with E-state index in [0.29, 0.717) is 0 Å². The van der Waals surface area contributed by atoms with E-state index in [9.17, 15) is 0 Å². The van der Waals surface area contributed by atoms with Crippen LogP contribution in [0.25, 0.3) is 0 Å². The van der Waals surface area contributed by atoms with E-state index in [1.807, 2.05) is 18.9 Å². The molecule has 1 fully saturated rings. The fourth-order valence-corrected chi connectivity index (χ4v) is 2.83. The van der Waals surface area contributed by atoms with Crippen LogP contribution >= 0.6 is 11.9 Å². The molecule has 0 unspecified atom stereocenters. The first-order valence-electron chi connectivity index (χ1n) is 5.55. The number of hydrogen-bond donors (Lipinski definition) is 1. The Bertz CT molecular complexity index is 332. The standard InChI is InChI=1S/C12H18N2S/c1-10-5-6-11(9-12(10)13)15-14-7-3-2-4-8-14/h5-6,9H,2-4,7-8,13H2,1H3. The molecule has 0 atom stereocenters. The van der Waals surface area contributed by atoms with E-state index in [0.717, 1.165) is 11.3 Å². The van der Waals surface area contributed by atoms with Gasteiger partial charge < -0.3 is 5.73 Å². The third kappa shape index (κ3) is 2.89. The third-order valence-electron chi connectivity index (χ3n) is 2.80. The summed E-state index contributed by atoms with van der Waals surface area (Å²) in [5, 5.41) is 0. The summed E-state index contributed by atoms with van der Waals surface area (Å²) >= 11 is 1.84.